The molecule has 0 spiro atoms. The van der Waals surface area contributed by atoms with E-state index < -0.39 is 0 Å². The summed E-state index contributed by atoms with van der Waals surface area (Å²) in [4.78, 5) is 14.1. The van der Waals surface area contributed by atoms with Crippen LogP contribution in [0.15, 0.2) is 23.3 Å². The first kappa shape index (κ1) is 16.1. The van der Waals surface area contributed by atoms with E-state index in [4.69, 9.17) is 4.99 Å². The van der Waals surface area contributed by atoms with Gasteiger partial charge in [0.15, 0.2) is 5.96 Å². The molecule has 0 unspecified atom stereocenters. The molecule has 0 radical (unpaired) electrons. The van der Waals surface area contributed by atoms with Gasteiger partial charge in [0.2, 0.25) is 0 Å². The molecule has 1 aromatic heterocycles. The van der Waals surface area contributed by atoms with Crippen molar-refractivity contribution in [1.29, 1.82) is 0 Å². The second-order valence-corrected chi connectivity index (χ2v) is 6.39. The first-order chi connectivity index (χ1) is 11.3. The molecule has 1 aliphatic carbocycles. The first-order valence-electron chi connectivity index (χ1n) is 8.68. The maximum absolute atomic E-state index is 4.75. The third-order valence-corrected chi connectivity index (χ3v) is 4.34. The fraction of sp³-hybridized carbons (Fsp3) is 0.647. The van der Waals surface area contributed by atoms with Gasteiger partial charge in [-0.05, 0) is 32.9 Å². The van der Waals surface area contributed by atoms with Gasteiger partial charge < -0.3 is 20.4 Å². The summed E-state index contributed by atoms with van der Waals surface area (Å²) in [7, 11) is 2.17. The fourth-order valence-electron chi connectivity index (χ4n) is 2.76. The second kappa shape index (κ2) is 7.64. The number of anilines is 1. The molecule has 2 N–H and O–H groups in total. The minimum Gasteiger partial charge on any atom is -0.357 e. The van der Waals surface area contributed by atoms with Gasteiger partial charge in [0.25, 0.3) is 0 Å². The van der Waals surface area contributed by atoms with Crippen LogP contribution in [0.4, 0.5) is 5.82 Å². The SMILES string of the molecule is CCNC(=NCc1cccnc1N1CCN(C)CC1)NC1CC1. The monoisotopic (exact) mass is 316 g/mol. The maximum Gasteiger partial charge on any atom is 0.191 e. The van der Waals surface area contributed by atoms with Crippen LogP contribution >= 0.6 is 0 Å². The molecular formula is C17H28N6. The number of nitrogens with one attached hydrogen (secondary N) is 2. The number of hydrogen-bond acceptors (Lipinski definition) is 4. The number of aromatic nitrogens is 1. The lowest BCUT2D eigenvalue weighted by Crippen LogP contribution is -2.45. The quantitative estimate of drug-likeness (QED) is 0.628. The topological polar surface area (TPSA) is 55.8 Å². The number of likely N-dealkylation sites (N-methyl/N-ethyl adjacent to an activating group) is 1. The summed E-state index contributed by atoms with van der Waals surface area (Å²) in [6, 6.07) is 4.76. The molecule has 2 aliphatic rings. The predicted molar refractivity (Wildman–Crippen MR) is 94.9 cm³/mol. The molecular weight excluding hydrogens is 288 g/mol. The summed E-state index contributed by atoms with van der Waals surface area (Å²) in [5.41, 5.74) is 1.20. The van der Waals surface area contributed by atoms with E-state index in [9.17, 15) is 0 Å². The molecule has 0 amide bonds. The van der Waals surface area contributed by atoms with Crippen LogP contribution in [0.1, 0.15) is 25.3 Å². The predicted octanol–water partition coefficient (Wildman–Crippen LogP) is 1.05. The van der Waals surface area contributed by atoms with Gasteiger partial charge in [-0.1, -0.05) is 6.07 Å². The number of piperazine rings is 1. The molecule has 3 rings (SSSR count). The Balaban J connectivity index is 1.69. The van der Waals surface area contributed by atoms with E-state index in [0.717, 1.165) is 44.5 Å². The van der Waals surface area contributed by atoms with Crippen LogP contribution in [0.5, 0.6) is 0 Å². The van der Waals surface area contributed by atoms with Crippen molar-refractivity contribution < 1.29 is 0 Å². The number of hydrogen-bond donors (Lipinski definition) is 2. The number of nitrogens with zero attached hydrogens (tertiary/aromatic N) is 4. The zero-order chi connectivity index (χ0) is 16.1. The average molecular weight is 316 g/mol. The molecule has 1 saturated carbocycles. The molecule has 2 fully saturated rings. The normalized spacial score (nSPS) is 19.7. The standard InChI is InChI=1S/C17H28N6/c1-3-18-17(21-15-6-7-15)20-13-14-5-4-8-19-16(14)23-11-9-22(2)10-12-23/h4-5,8,15H,3,6-7,9-13H2,1-2H3,(H2,18,20,21). The van der Waals surface area contributed by atoms with Crippen molar-refractivity contribution in [2.45, 2.75) is 32.4 Å². The van der Waals surface area contributed by atoms with E-state index in [1.54, 1.807) is 0 Å². The summed E-state index contributed by atoms with van der Waals surface area (Å²) in [5.74, 6) is 2.01. The van der Waals surface area contributed by atoms with Crippen molar-refractivity contribution in [3.05, 3.63) is 23.9 Å². The highest BCUT2D eigenvalue weighted by Crippen LogP contribution is 2.20. The van der Waals surface area contributed by atoms with Gasteiger partial charge in [-0.2, -0.15) is 0 Å². The van der Waals surface area contributed by atoms with Gasteiger partial charge in [0.1, 0.15) is 5.82 Å². The lowest BCUT2D eigenvalue weighted by Gasteiger charge is -2.34. The van der Waals surface area contributed by atoms with E-state index >= 15 is 0 Å². The zero-order valence-corrected chi connectivity index (χ0v) is 14.3. The van der Waals surface area contributed by atoms with Gasteiger partial charge in [0, 0.05) is 50.5 Å². The highest BCUT2D eigenvalue weighted by Gasteiger charge is 2.22. The third kappa shape index (κ3) is 4.58. The van der Waals surface area contributed by atoms with E-state index in [2.05, 4.69) is 45.5 Å². The van der Waals surface area contributed by atoms with Crippen molar-refractivity contribution in [2.24, 2.45) is 4.99 Å². The van der Waals surface area contributed by atoms with Crippen LogP contribution in [0.3, 0.4) is 0 Å². The molecule has 126 valence electrons. The van der Waals surface area contributed by atoms with E-state index in [0.29, 0.717) is 12.6 Å². The van der Waals surface area contributed by atoms with Gasteiger partial charge in [-0.3, -0.25) is 0 Å². The number of pyridine rings is 1. The summed E-state index contributed by atoms with van der Waals surface area (Å²) < 4.78 is 0. The van der Waals surface area contributed by atoms with Crippen molar-refractivity contribution in [3.63, 3.8) is 0 Å². The summed E-state index contributed by atoms with van der Waals surface area (Å²) in [5, 5.41) is 6.79. The Kier molecular flexibility index (Phi) is 5.33. The summed E-state index contributed by atoms with van der Waals surface area (Å²) in [6.45, 7) is 7.89. The average Bonchev–Trinajstić information content (AvgIpc) is 3.38. The molecule has 23 heavy (non-hydrogen) atoms. The number of aliphatic imine (C=N–C) groups is 1. The minimum absolute atomic E-state index is 0.610. The van der Waals surface area contributed by atoms with Crippen LogP contribution in [0.2, 0.25) is 0 Å². The third-order valence-electron chi connectivity index (χ3n) is 4.34. The summed E-state index contributed by atoms with van der Waals surface area (Å²) >= 11 is 0. The Labute approximate surface area is 139 Å². The molecule has 0 atom stereocenters. The van der Waals surface area contributed by atoms with E-state index in [1.165, 1.54) is 18.4 Å². The van der Waals surface area contributed by atoms with Crippen LogP contribution in [0.25, 0.3) is 0 Å². The Morgan fingerprint density at radius 1 is 1.30 bits per heavy atom. The van der Waals surface area contributed by atoms with Crippen LogP contribution in [0, 0.1) is 0 Å². The molecule has 0 aromatic carbocycles. The van der Waals surface area contributed by atoms with Crippen molar-refractivity contribution in [3.8, 4) is 0 Å². The molecule has 1 saturated heterocycles. The Hall–Kier alpha value is -1.82. The zero-order valence-electron chi connectivity index (χ0n) is 14.3. The fourth-order valence-corrected chi connectivity index (χ4v) is 2.76. The smallest absolute Gasteiger partial charge is 0.191 e. The van der Waals surface area contributed by atoms with E-state index in [1.807, 2.05) is 12.3 Å². The van der Waals surface area contributed by atoms with Gasteiger partial charge in [0.05, 0.1) is 6.54 Å². The number of rotatable bonds is 5. The Bertz CT molecular complexity index is 532. The van der Waals surface area contributed by atoms with E-state index in [-0.39, 0.29) is 0 Å². The van der Waals surface area contributed by atoms with Crippen LogP contribution < -0.4 is 15.5 Å². The number of guanidine groups is 1. The highest BCUT2D eigenvalue weighted by atomic mass is 15.3. The molecule has 0 bridgehead atoms. The van der Waals surface area contributed by atoms with Crippen molar-refractivity contribution >= 4 is 11.8 Å². The molecule has 1 aliphatic heterocycles. The van der Waals surface area contributed by atoms with Crippen LogP contribution in [-0.4, -0.2) is 61.7 Å². The molecule has 2 heterocycles. The van der Waals surface area contributed by atoms with Crippen LogP contribution in [-0.2, 0) is 6.54 Å². The van der Waals surface area contributed by atoms with Crippen molar-refractivity contribution in [1.82, 2.24) is 20.5 Å². The summed E-state index contributed by atoms with van der Waals surface area (Å²) in [6.07, 6.45) is 4.39. The largest absolute Gasteiger partial charge is 0.357 e. The first-order valence-corrected chi connectivity index (χ1v) is 8.68. The molecule has 6 nitrogen and oxygen atoms in total. The van der Waals surface area contributed by atoms with Gasteiger partial charge >= 0.3 is 0 Å². The Morgan fingerprint density at radius 2 is 2.09 bits per heavy atom. The maximum atomic E-state index is 4.75. The second-order valence-electron chi connectivity index (χ2n) is 6.39. The Morgan fingerprint density at radius 3 is 2.78 bits per heavy atom. The van der Waals surface area contributed by atoms with Crippen molar-refractivity contribution in [2.75, 3.05) is 44.7 Å². The molecule has 6 heteroatoms. The van der Waals surface area contributed by atoms with Gasteiger partial charge in [-0.25, -0.2) is 9.98 Å². The highest BCUT2D eigenvalue weighted by molar-refractivity contribution is 5.80. The lowest BCUT2D eigenvalue weighted by atomic mass is 10.2. The van der Waals surface area contributed by atoms with Gasteiger partial charge in [-0.15, -0.1) is 0 Å². The lowest BCUT2D eigenvalue weighted by molar-refractivity contribution is 0.312. The molecule has 1 aromatic rings. The minimum atomic E-state index is 0.610.